The largest absolute Gasteiger partial charge is 0.481 e. The number of methoxy groups -OCH3 is 1. The second-order valence-electron chi connectivity index (χ2n) is 3.72. The van der Waals surface area contributed by atoms with Gasteiger partial charge in [-0.05, 0) is 29.7 Å². The molecule has 3 heteroatoms. The molecule has 1 aromatic carbocycles. The molecule has 0 N–H and O–H groups in total. The summed E-state index contributed by atoms with van der Waals surface area (Å²) < 4.78 is 5.09. The zero-order valence-electron chi connectivity index (χ0n) is 9.81. The van der Waals surface area contributed by atoms with Crippen LogP contribution in [0, 0.1) is 6.92 Å². The van der Waals surface area contributed by atoms with Crippen LogP contribution in [0.5, 0.6) is 5.88 Å². The van der Waals surface area contributed by atoms with Gasteiger partial charge in [0, 0.05) is 17.8 Å². The summed E-state index contributed by atoms with van der Waals surface area (Å²) in [7, 11) is 1.58. The van der Waals surface area contributed by atoms with E-state index in [1.54, 1.807) is 13.3 Å². The lowest BCUT2D eigenvalue weighted by Gasteiger charge is -2.08. The second-order valence-corrected chi connectivity index (χ2v) is 3.72. The van der Waals surface area contributed by atoms with Crippen molar-refractivity contribution in [2.24, 2.45) is 0 Å². The van der Waals surface area contributed by atoms with Crippen LogP contribution in [0.3, 0.4) is 0 Å². The molecule has 2 aromatic rings. The van der Waals surface area contributed by atoms with Gasteiger partial charge in [0.25, 0.3) is 0 Å². The molecule has 0 spiro atoms. The summed E-state index contributed by atoms with van der Waals surface area (Å²) in [5.74, 6) is 0.568. The molecule has 17 heavy (non-hydrogen) atoms. The molecule has 0 aliphatic rings. The number of ether oxygens (including phenoxy) is 1. The third-order valence-corrected chi connectivity index (χ3v) is 2.76. The van der Waals surface area contributed by atoms with Gasteiger partial charge in [-0.2, -0.15) is 0 Å². The van der Waals surface area contributed by atoms with E-state index in [1.165, 1.54) is 0 Å². The molecule has 2 rings (SSSR count). The van der Waals surface area contributed by atoms with Crippen molar-refractivity contribution in [1.82, 2.24) is 4.98 Å². The number of benzene rings is 1. The average molecular weight is 227 g/mol. The number of carbonyl (C=O) groups is 1. The van der Waals surface area contributed by atoms with Gasteiger partial charge in [0.15, 0.2) is 0 Å². The van der Waals surface area contributed by atoms with Crippen LogP contribution in [0.1, 0.15) is 15.9 Å². The molecule has 3 nitrogen and oxygen atoms in total. The summed E-state index contributed by atoms with van der Waals surface area (Å²) in [5, 5.41) is 0. The molecular weight excluding hydrogens is 214 g/mol. The maximum Gasteiger partial charge on any atom is 0.213 e. The number of nitrogens with zero attached hydrogens (tertiary/aromatic N) is 1. The highest BCUT2D eigenvalue weighted by Gasteiger charge is 2.06. The van der Waals surface area contributed by atoms with E-state index < -0.39 is 0 Å². The minimum absolute atomic E-state index is 0.568. The number of hydrogen-bond donors (Lipinski definition) is 0. The van der Waals surface area contributed by atoms with Crippen molar-refractivity contribution in [3.63, 3.8) is 0 Å². The van der Waals surface area contributed by atoms with E-state index in [9.17, 15) is 4.79 Å². The fraction of sp³-hybridized carbons (Fsp3) is 0.143. The van der Waals surface area contributed by atoms with Gasteiger partial charge in [-0.25, -0.2) is 4.98 Å². The van der Waals surface area contributed by atoms with Crippen LogP contribution in [0.2, 0.25) is 0 Å². The molecule has 0 bridgehead atoms. The van der Waals surface area contributed by atoms with Crippen molar-refractivity contribution in [3.05, 3.63) is 47.7 Å². The molecule has 86 valence electrons. The lowest BCUT2D eigenvalue weighted by atomic mass is 9.98. The van der Waals surface area contributed by atoms with Crippen LogP contribution in [0.15, 0.2) is 36.5 Å². The summed E-state index contributed by atoms with van der Waals surface area (Å²) >= 11 is 0. The normalized spacial score (nSPS) is 10.0. The first-order valence-corrected chi connectivity index (χ1v) is 5.31. The Balaban J connectivity index is 2.56. The molecule has 1 heterocycles. The van der Waals surface area contributed by atoms with Crippen LogP contribution in [-0.2, 0) is 0 Å². The van der Waals surface area contributed by atoms with E-state index in [0.717, 1.165) is 23.0 Å². The average Bonchev–Trinajstić information content (AvgIpc) is 2.39. The predicted octanol–water partition coefficient (Wildman–Crippen LogP) is 2.88. The second kappa shape index (κ2) is 4.78. The Bertz CT molecular complexity index is 550. The minimum atomic E-state index is 0.568. The molecule has 0 saturated heterocycles. The molecule has 0 aliphatic heterocycles. The number of aromatic nitrogens is 1. The van der Waals surface area contributed by atoms with E-state index in [4.69, 9.17) is 4.74 Å². The van der Waals surface area contributed by atoms with Crippen LogP contribution in [0.4, 0.5) is 0 Å². The van der Waals surface area contributed by atoms with Crippen molar-refractivity contribution < 1.29 is 9.53 Å². The Kier molecular flexibility index (Phi) is 3.19. The fourth-order valence-electron chi connectivity index (χ4n) is 1.78. The van der Waals surface area contributed by atoms with Crippen molar-refractivity contribution in [1.29, 1.82) is 0 Å². The first-order valence-electron chi connectivity index (χ1n) is 5.31. The van der Waals surface area contributed by atoms with Gasteiger partial charge >= 0.3 is 0 Å². The standard InChI is InChI=1S/C14H13NO2/c1-10-12(9-16)4-3-5-13(10)11-6-7-15-14(8-11)17-2/h3-9H,1-2H3. The van der Waals surface area contributed by atoms with Gasteiger partial charge in [-0.15, -0.1) is 0 Å². The van der Waals surface area contributed by atoms with Crippen molar-refractivity contribution in [3.8, 4) is 17.0 Å². The Morgan fingerprint density at radius 2 is 2.12 bits per heavy atom. The van der Waals surface area contributed by atoms with Gasteiger partial charge in [0.1, 0.15) is 6.29 Å². The van der Waals surface area contributed by atoms with E-state index >= 15 is 0 Å². The molecule has 0 fully saturated rings. The zero-order valence-corrected chi connectivity index (χ0v) is 9.81. The molecule has 0 aliphatic carbocycles. The van der Waals surface area contributed by atoms with Crippen LogP contribution in [-0.4, -0.2) is 18.4 Å². The van der Waals surface area contributed by atoms with Crippen LogP contribution < -0.4 is 4.74 Å². The van der Waals surface area contributed by atoms with Gasteiger partial charge in [0.05, 0.1) is 7.11 Å². The van der Waals surface area contributed by atoms with Crippen LogP contribution >= 0.6 is 0 Å². The maximum atomic E-state index is 10.9. The maximum absolute atomic E-state index is 10.9. The Morgan fingerprint density at radius 3 is 2.82 bits per heavy atom. The number of hydrogen-bond acceptors (Lipinski definition) is 3. The summed E-state index contributed by atoms with van der Waals surface area (Å²) in [4.78, 5) is 15.0. The highest BCUT2D eigenvalue weighted by molar-refractivity contribution is 5.82. The van der Waals surface area contributed by atoms with Crippen molar-refractivity contribution in [2.45, 2.75) is 6.92 Å². The van der Waals surface area contributed by atoms with Crippen LogP contribution in [0.25, 0.3) is 11.1 Å². The summed E-state index contributed by atoms with van der Waals surface area (Å²) in [6.07, 6.45) is 2.57. The first kappa shape index (κ1) is 11.3. The highest BCUT2D eigenvalue weighted by Crippen LogP contribution is 2.26. The lowest BCUT2D eigenvalue weighted by molar-refractivity contribution is 0.112. The molecule has 0 amide bonds. The first-order chi connectivity index (χ1) is 8.26. The topological polar surface area (TPSA) is 39.2 Å². The molecule has 1 aromatic heterocycles. The molecule has 0 saturated carbocycles. The Labute approximate surface area is 100 Å². The Hall–Kier alpha value is -2.16. The van der Waals surface area contributed by atoms with Crippen molar-refractivity contribution in [2.75, 3.05) is 7.11 Å². The third-order valence-electron chi connectivity index (χ3n) is 2.76. The van der Waals surface area contributed by atoms with E-state index in [0.29, 0.717) is 11.4 Å². The van der Waals surface area contributed by atoms with E-state index in [-0.39, 0.29) is 0 Å². The molecule has 0 unspecified atom stereocenters. The van der Waals surface area contributed by atoms with Gasteiger partial charge < -0.3 is 4.74 Å². The van der Waals surface area contributed by atoms with Gasteiger partial charge in [-0.1, -0.05) is 18.2 Å². The van der Waals surface area contributed by atoms with Gasteiger partial charge in [-0.3, -0.25) is 4.79 Å². The monoisotopic (exact) mass is 227 g/mol. The fourth-order valence-corrected chi connectivity index (χ4v) is 1.78. The SMILES string of the molecule is COc1cc(-c2cccc(C=O)c2C)ccn1. The van der Waals surface area contributed by atoms with Gasteiger partial charge in [0.2, 0.25) is 5.88 Å². The lowest BCUT2D eigenvalue weighted by Crippen LogP contribution is -1.92. The zero-order chi connectivity index (χ0) is 12.3. The number of carbonyl (C=O) groups excluding carboxylic acids is 1. The molecule has 0 atom stereocenters. The predicted molar refractivity (Wildman–Crippen MR) is 66.3 cm³/mol. The smallest absolute Gasteiger partial charge is 0.213 e. The summed E-state index contributed by atoms with van der Waals surface area (Å²) in [5.41, 5.74) is 3.70. The Morgan fingerprint density at radius 1 is 1.29 bits per heavy atom. The van der Waals surface area contributed by atoms with E-state index in [2.05, 4.69) is 4.98 Å². The quantitative estimate of drug-likeness (QED) is 0.757. The molecule has 0 radical (unpaired) electrons. The summed E-state index contributed by atoms with van der Waals surface area (Å²) in [6.45, 7) is 1.94. The summed E-state index contributed by atoms with van der Waals surface area (Å²) in [6, 6.07) is 9.43. The number of pyridine rings is 1. The number of aldehydes is 1. The number of rotatable bonds is 3. The minimum Gasteiger partial charge on any atom is -0.481 e. The third kappa shape index (κ3) is 2.18. The van der Waals surface area contributed by atoms with Crippen molar-refractivity contribution >= 4 is 6.29 Å². The molecular formula is C14H13NO2. The highest BCUT2D eigenvalue weighted by atomic mass is 16.5. The van der Waals surface area contributed by atoms with E-state index in [1.807, 2.05) is 37.3 Å².